The monoisotopic (exact) mass is 263 g/mol. The Morgan fingerprint density at radius 1 is 1.10 bits per heavy atom. The predicted molar refractivity (Wildman–Crippen MR) is 88.9 cm³/mol. The summed E-state index contributed by atoms with van der Waals surface area (Å²) >= 11 is 0. The lowest BCUT2D eigenvalue weighted by atomic mass is 9.87. The van der Waals surface area contributed by atoms with E-state index in [-0.39, 0.29) is 5.41 Å². The molecule has 0 bridgehead atoms. The van der Waals surface area contributed by atoms with Gasteiger partial charge in [0.1, 0.15) is 0 Å². The summed E-state index contributed by atoms with van der Waals surface area (Å²) in [5, 5.41) is 4.52. The molecule has 1 heterocycles. The molecule has 3 rings (SSSR count). The van der Waals surface area contributed by atoms with Gasteiger partial charge in [0, 0.05) is 22.8 Å². The third kappa shape index (κ3) is 1.89. The number of aliphatic imine (C=N–C) groups is 1. The summed E-state index contributed by atoms with van der Waals surface area (Å²) in [6.07, 6.45) is 10.5. The Hall–Kier alpha value is -1.89. The van der Waals surface area contributed by atoms with Gasteiger partial charge in [0.25, 0.3) is 0 Å². The topological polar surface area (TPSA) is 12.4 Å². The molecule has 1 aliphatic heterocycles. The van der Waals surface area contributed by atoms with Crippen molar-refractivity contribution in [2.24, 2.45) is 10.4 Å². The molecule has 0 N–H and O–H groups in total. The van der Waals surface area contributed by atoms with E-state index in [4.69, 9.17) is 4.99 Å². The van der Waals surface area contributed by atoms with Gasteiger partial charge in [0.2, 0.25) is 0 Å². The number of fused-ring (bicyclic) bond motifs is 3. The van der Waals surface area contributed by atoms with Gasteiger partial charge in [-0.3, -0.25) is 4.99 Å². The van der Waals surface area contributed by atoms with Crippen molar-refractivity contribution in [2.75, 3.05) is 0 Å². The Bertz CT molecular complexity index is 859. The van der Waals surface area contributed by atoms with Crippen LogP contribution in [0.1, 0.15) is 32.8 Å². The highest BCUT2D eigenvalue weighted by Gasteiger charge is 2.26. The highest BCUT2D eigenvalue weighted by Crippen LogP contribution is 2.28. The second-order valence-electron chi connectivity index (χ2n) is 6.63. The van der Waals surface area contributed by atoms with Gasteiger partial charge in [0.15, 0.2) is 0 Å². The summed E-state index contributed by atoms with van der Waals surface area (Å²) in [6, 6.07) is 0. The first-order valence-corrected chi connectivity index (χ1v) is 7.17. The molecular weight excluding hydrogens is 242 g/mol. The van der Waals surface area contributed by atoms with Gasteiger partial charge < -0.3 is 0 Å². The van der Waals surface area contributed by atoms with E-state index >= 15 is 0 Å². The van der Waals surface area contributed by atoms with E-state index in [9.17, 15) is 0 Å². The number of rotatable bonds is 0. The van der Waals surface area contributed by atoms with Gasteiger partial charge in [0.05, 0.1) is 5.69 Å². The lowest BCUT2D eigenvalue weighted by Crippen LogP contribution is -2.48. The zero-order valence-corrected chi connectivity index (χ0v) is 12.6. The molecular formula is C19H21N. The third-order valence-corrected chi connectivity index (χ3v) is 4.20. The van der Waals surface area contributed by atoms with Gasteiger partial charge in [-0.05, 0) is 27.6 Å². The quantitative estimate of drug-likeness (QED) is 0.675. The van der Waals surface area contributed by atoms with Crippen LogP contribution >= 0.6 is 0 Å². The minimum atomic E-state index is 0.104. The van der Waals surface area contributed by atoms with Gasteiger partial charge in [-0.2, -0.15) is 0 Å². The highest BCUT2D eigenvalue weighted by molar-refractivity contribution is 5.97. The van der Waals surface area contributed by atoms with Crippen LogP contribution in [0.25, 0.3) is 25.3 Å². The Morgan fingerprint density at radius 3 is 2.55 bits per heavy atom. The van der Waals surface area contributed by atoms with Crippen LogP contribution in [-0.2, 0) is 6.42 Å². The molecule has 2 aliphatic rings. The van der Waals surface area contributed by atoms with Gasteiger partial charge in [-0.25, -0.2) is 0 Å². The molecule has 0 atom stereocenters. The molecule has 0 saturated heterocycles. The van der Waals surface area contributed by atoms with Crippen LogP contribution in [0.5, 0.6) is 0 Å². The lowest BCUT2D eigenvalue weighted by Gasteiger charge is -2.17. The summed E-state index contributed by atoms with van der Waals surface area (Å²) in [4.78, 5) is 4.95. The van der Waals surface area contributed by atoms with Crippen LogP contribution in [0, 0.1) is 5.41 Å². The highest BCUT2D eigenvalue weighted by atomic mass is 14.8. The standard InChI is InChI=1S/C19H21N/c1-12-13(2)16-11-17(19(3,4)5)20-18(16)15-10-8-6-7-9-14(12)15/h6-7,9-10H,1-2,8,11H2,3-5H3. The SMILES string of the molecule is C=c1c2c(c3c(c1=C)=CC=CCC=3)N=C(C(C)(C)C)C2. The van der Waals surface area contributed by atoms with E-state index in [1.807, 2.05) is 0 Å². The lowest BCUT2D eigenvalue weighted by molar-refractivity contribution is 0.584. The van der Waals surface area contributed by atoms with Crippen LogP contribution in [0.15, 0.2) is 17.1 Å². The fraction of sp³-hybridized carbons (Fsp3) is 0.316. The first-order chi connectivity index (χ1) is 9.39. The minimum Gasteiger partial charge on any atom is -0.256 e. The first-order valence-electron chi connectivity index (χ1n) is 7.17. The van der Waals surface area contributed by atoms with Crippen LogP contribution in [0.4, 0.5) is 5.69 Å². The van der Waals surface area contributed by atoms with Crippen molar-refractivity contribution in [3.63, 3.8) is 0 Å². The summed E-state index contributed by atoms with van der Waals surface area (Å²) in [5.74, 6) is 0. The number of allylic oxidation sites excluding steroid dienone is 2. The summed E-state index contributed by atoms with van der Waals surface area (Å²) in [6.45, 7) is 15.2. The number of nitrogens with zero attached hydrogens (tertiary/aromatic N) is 1. The minimum absolute atomic E-state index is 0.104. The van der Waals surface area contributed by atoms with Crippen LogP contribution in [0.3, 0.4) is 0 Å². The van der Waals surface area contributed by atoms with E-state index < -0.39 is 0 Å². The molecule has 1 aliphatic carbocycles. The predicted octanol–water partition coefficient (Wildman–Crippen LogP) is 1.70. The maximum Gasteiger partial charge on any atom is 0.0746 e. The van der Waals surface area contributed by atoms with Crippen molar-refractivity contribution < 1.29 is 0 Å². The van der Waals surface area contributed by atoms with E-state index in [1.165, 1.54) is 21.7 Å². The number of hydrogen-bond donors (Lipinski definition) is 0. The normalized spacial score (nSPS) is 16.6. The zero-order valence-electron chi connectivity index (χ0n) is 12.6. The molecule has 1 heteroatoms. The average Bonchev–Trinajstić information content (AvgIpc) is 2.69. The summed E-state index contributed by atoms with van der Waals surface area (Å²) < 4.78 is 0. The molecule has 102 valence electrons. The molecule has 1 aromatic rings. The van der Waals surface area contributed by atoms with Crippen molar-refractivity contribution in [3.8, 4) is 0 Å². The van der Waals surface area contributed by atoms with Crippen molar-refractivity contribution in [2.45, 2.75) is 33.6 Å². The Balaban J connectivity index is 2.42. The molecule has 0 unspecified atom stereocenters. The molecule has 0 saturated carbocycles. The molecule has 0 fully saturated rings. The molecule has 0 radical (unpaired) electrons. The number of hydrogen-bond acceptors (Lipinski definition) is 1. The van der Waals surface area contributed by atoms with E-state index in [0.29, 0.717) is 0 Å². The largest absolute Gasteiger partial charge is 0.256 e. The molecule has 0 spiro atoms. The Morgan fingerprint density at radius 2 is 1.85 bits per heavy atom. The molecule has 1 aromatic carbocycles. The fourth-order valence-corrected chi connectivity index (χ4v) is 2.86. The van der Waals surface area contributed by atoms with Crippen LogP contribution in [-0.4, -0.2) is 5.71 Å². The second kappa shape index (κ2) is 4.31. The third-order valence-electron chi connectivity index (χ3n) is 4.20. The van der Waals surface area contributed by atoms with Gasteiger partial charge in [-0.1, -0.05) is 58.2 Å². The van der Waals surface area contributed by atoms with Crippen molar-refractivity contribution >= 4 is 36.7 Å². The van der Waals surface area contributed by atoms with Gasteiger partial charge >= 0.3 is 0 Å². The van der Waals surface area contributed by atoms with E-state index in [1.54, 1.807) is 0 Å². The number of benzene rings is 1. The maximum atomic E-state index is 4.95. The van der Waals surface area contributed by atoms with E-state index in [2.05, 4.69) is 58.2 Å². The summed E-state index contributed by atoms with van der Waals surface area (Å²) in [5.41, 5.74) is 3.75. The van der Waals surface area contributed by atoms with Crippen molar-refractivity contribution in [3.05, 3.63) is 38.6 Å². The molecule has 0 amide bonds. The second-order valence-corrected chi connectivity index (χ2v) is 6.63. The zero-order chi connectivity index (χ0) is 14.5. The fourth-order valence-electron chi connectivity index (χ4n) is 2.86. The van der Waals surface area contributed by atoms with Crippen molar-refractivity contribution in [1.82, 2.24) is 0 Å². The Labute approximate surface area is 120 Å². The van der Waals surface area contributed by atoms with Crippen molar-refractivity contribution in [1.29, 1.82) is 0 Å². The van der Waals surface area contributed by atoms with E-state index in [0.717, 1.165) is 29.0 Å². The molecule has 0 aromatic heterocycles. The van der Waals surface area contributed by atoms with Gasteiger partial charge in [-0.15, -0.1) is 0 Å². The molecule has 1 nitrogen and oxygen atoms in total. The summed E-state index contributed by atoms with van der Waals surface area (Å²) in [7, 11) is 0. The Kier molecular flexibility index (Phi) is 2.82. The van der Waals surface area contributed by atoms with Crippen LogP contribution < -0.4 is 20.9 Å². The molecule has 20 heavy (non-hydrogen) atoms. The smallest absolute Gasteiger partial charge is 0.0746 e. The first kappa shape index (κ1) is 13.1. The average molecular weight is 263 g/mol. The maximum absolute atomic E-state index is 4.95. The van der Waals surface area contributed by atoms with Crippen LogP contribution in [0.2, 0.25) is 0 Å².